The van der Waals surface area contributed by atoms with Crippen LogP contribution in [0.3, 0.4) is 0 Å². The van der Waals surface area contributed by atoms with Gasteiger partial charge in [-0.2, -0.15) is 0 Å². The molecule has 3 heterocycles. The molecule has 0 N–H and O–H groups in total. The summed E-state index contributed by atoms with van der Waals surface area (Å²) in [5, 5.41) is 0. The number of thiophene rings is 1. The number of hydrogen-bond acceptors (Lipinski definition) is 6. The molecule has 0 radical (unpaired) electrons. The maximum absolute atomic E-state index is 13.3. The van der Waals surface area contributed by atoms with Gasteiger partial charge in [0.15, 0.2) is 11.5 Å². The molecule has 0 saturated heterocycles. The van der Waals surface area contributed by atoms with Crippen molar-refractivity contribution in [3.05, 3.63) is 50.8 Å². The van der Waals surface area contributed by atoms with Gasteiger partial charge in [-0.3, -0.25) is 4.79 Å². The number of carbonyl (C=O) groups excluding carboxylic acids is 1. The predicted octanol–water partition coefficient (Wildman–Crippen LogP) is 6.41. The van der Waals surface area contributed by atoms with Gasteiger partial charge in [0.05, 0.1) is 24.4 Å². The third-order valence-electron chi connectivity index (χ3n) is 6.82. The third kappa shape index (κ3) is 5.15. The number of hydrogen-bond donors (Lipinski definition) is 0. The minimum absolute atomic E-state index is 0.164. The molecule has 34 heavy (non-hydrogen) atoms. The van der Waals surface area contributed by atoms with Crippen LogP contribution >= 0.6 is 22.7 Å². The van der Waals surface area contributed by atoms with Crippen LogP contribution in [0.15, 0.2) is 29.8 Å². The third-order valence-corrected chi connectivity index (χ3v) is 8.87. The first-order chi connectivity index (χ1) is 16.6. The molecule has 0 atom stereocenters. The van der Waals surface area contributed by atoms with Crippen molar-refractivity contribution >= 4 is 28.6 Å². The van der Waals surface area contributed by atoms with Crippen molar-refractivity contribution in [1.29, 1.82) is 0 Å². The van der Waals surface area contributed by atoms with Crippen LogP contribution in [0, 0.1) is 19.8 Å². The summed E-state index contributed by atoms with van der Waals surface area (Å²) in [4.78, 5) is 23.4. The predicted molar refractivity (Wildman–Crippen MR) is 138 cm³/mol. The van der Waals surface area contributed by atoms with Crippen LogP contribution in [-0.2, 0) is 17.8 Å². The number of fused-ring (bicyclic) bond motifs is 1. The highest BCUT2D eigenvalue weighted by atomic mass is 32.1. The number of aromatic nitrogens is 1. The molecule has 0 unspecified atom stereocenters. The summed E-state index contributed by atoms with van der Waals surface area (Å²) in [5.74, 6) is 2.01. The smallest absolute Gasteiger partial charge is 0.226 e. The highest BCUT2D eigenvalue weighted by molar-refractivity contribution is 7.15. The van der Waals surface area contributed by atoms with E-state index in [1.54, 1.807) is 22.7 Å². The zero-order valence-corrected chi connectivity index (χ0v) is 21.6. The monoisotopic (exact) mass is 496 g/mol. The Morgan fingerprint density at radius 3 is 2.79 bits per heavy atom. The minimum Gasteiger partial charge on any atom is -0.489 e. The number of amides is 1. The minimum atomic E-state index is 0.164. The van der Waals surface area contributed by atoms with Crippen LogP contribution in [-0.4, -0.2) is 35.5 Å². The lowest BCUT2D eigenvalue weighted by atomic mass is 9.88. The Morgan fingerprint density at radius 1 is 1.21 bits per heavy atom. The summed E-state index contributed by atoms with van der Waals surface area (Å²) >= 11 is 3.45. The van der Waals surface area contributed by atoms with Gasteiger partial charge >= 0.3 is 0 Å². The van der Waals surface area contributed by atoms with Crippen molar-refractivity contribution in [1.82, 2.24) is 9.88 Å². The van der Waals surface area contributed by atoms with Crippen molar-refractivity contribution in [2.75, 3.05) is 19.8 Å². The number of ether oxygens (including phenoxy) is 2. The first-order valence-electron chi connectivity index (χ1n) is 12.3. The summed E-state index contributed by atoms with van der Waals surface area (Å²) < 4.78 is 12.6. The Balaban J connectivity index is 1.42. The van der Waals surface area contributed by atoms with E-state index in [9.17, 15) is 4.79 Å². The second-order valence-corrected chi connectivity index (χ2v) is 11.5. The fraction of sp³-hybridized carbons (Fsp3) is 0.481. The van der Waals surface area contributed by atoms with Gasteiger partial charge in [-0.15, -0.1) is 22.7 Å². The number of aryl methyl sites for hydroxylation is 2. The quantitative estimate of drug-likeness (QED) is 0.396. The molecule has 3 aromatic rings. The second kappa shape index (κ2) is 10.5. The van der Waals surface area contributed by atoms with E-state index in [0.29, 0.717) is 26.3 Å². The second-order valence-electron chi connectivity index (χ2n) is 9.28. The summed E-state index contributed by atoms with van der Waals surface area (Å²) in [6.07, 6.45) is 6.43. The molecule has 5 nitrogen and oxygen atoms in total. The van der Waals surface area contributed by atoms with Gasteiger partial charge in [-0.05, 0) is 56.5 Å². The number of thiazole rings is 1. The molecule has 5 rings (SSSR count). The van der Waals surface area contributed by atoms with Crippen molar-refractivity contribution < 1.29 is 14.3 Å². The summed E-state index contributed by atoms with van der Waals surface area (Å²) in [6.45, 7) is 6.42. The zero-order chi connectivity index (χ0) is 23.5. The van der Waals surface area contributed by atoms with Crippen molar-refractivity contribution in [3.8, 4) is 21.9 Å². The van der Waals surface area contributed by atoms with E-state index in [-0.39, 0.29) is 11.8 Å². The summed E-state index contributed by atoms with van der Waals surface area (Å²) in [6, 6.07) is 8.60. The molecule has 1 aromatic carbocycles. The van der Waals surface area contributed by atoms with Crippen LogP contribution in [0.2, 0.25) is 0 Å². The van der Waals surface area contributed by atoms with Gasteiger partial charge in [0, 0.05) is 39.1 Å². The van der Waals surface area contributed by atoms with Crippen LogP contribution < -0.4 is 9.47 Å². The van der Waals surface area contributed by atoms with Crippen LogP contribution in [0.25, 0.3) is 10.4 Å². The maximum Gasteiger partial charge on any atom is 0.226 e. The summed E-state index contributed by atoms with van der Waals surface area (Å²) in [7, 11) is 0. The van der Waals surface area contributed by atoms with E-state index in [1.165, 1.54) is 21.1 Å². The lowest BCUT2D eigenvalue weighted by Gasteiger charge is -2.28. The van der Waals surface area contributed by atoms with Crippen molar-refractivity contribution in [3.63, 3.8) is 0 Å². The van der Waals surface area contributed by atoms with Gasteiger partial charge in [0.2, 0.25) is 5.91 Å². The SMILES string of the molecule is Cc1ccc(-c2cc3c(c(OCCc4scnc4C)c2)OCCN(C(=O)C2CCCCC2)C3)s1. The van der Waals surface area contributed by atoms with E-state index in [0.717, 1.165) is 60.4 Å². The first kappa shape index (κ1) is 23.4. The van der Waals surface area contributed by atoms with E-state index < -0.39 is 0 Å². The molecule has 0 bridgehead atoms. The molecule has 1 aliphatic carbocycles. The molecule has 1 aliphatic heterocycles. The average Bonchev–Trinajstić information content (AvgIpc) is 3.40. The molecular formula is C27H32N2O3S2. The lowest BCUT2D eigenvalue weighted by Crippen LogP contribution is -2.37. The number of rotatable bonds is 6. The van der Waals surface area contributed by atoms with Gasteiger partial charge in [-0.25, -0.2) is 4.98 Å². The Kier molecular flexibility index (Phi) is 7.21. The maximum atomic E-state index is 13.3. The van der Waals surface area contributed by atoms with E-state index in [1.807, 2.05) is 17.3 Å². The topological polar surface area (TPSA) is 51.7 Å². The largest absolute Gasteiger partial charge is 0.489 e. The molecule has 180 valence electrons. The van der Waals surface area contributed by atoms with Gasteiger partial charge in [0.25, 0.3) is 0 Å². The fourth-order valence-corrected chi connectivity index (χ4v) is 6.56. The Hall–Kier alpha value is -2.38. The van der Waals surface area contributed by atoms with E-state index in [4.69, 9.17) is 9.47 Å². The fourth-order valence-electron chi connectivity index (χ4n) is 4.94. The Bertz CT molecular complexity index is 1150. The van der Waals surface area contributed by atoms with E-state index >= 15 is 0 Å². The first-order valence-corrected chi connectivity index (χ1v) is 13.9. The van der Waals surface area contributed by atoms with Crippen LogP contribution in [0.1, 0.15) is 53.1 Å². The van der Waals surface area contributed by atoms with Gasteiger partial charge < -0.3 is 14.4 Å². The molecule has 7 heteroatoms. The molecule has 2 aliphatic rings. The van der Waals surface area contributed by atoms with Crippen LogP contribution in [0.4, 0.5) is 0 Å². The number of nitrogens with zero attached hydrogens (tertiary/aromatic N) is 2. The molecule has 1 saturated carbocycles. The van der Waals surface area contributed by atoms with Gasteiger partial charge in [0.1, 0.15) is 6.61 Å². The molecule has 1 fully saturated rings. The number of carbonyl (C=O) groups is 1. The standard InChI is InChI=1S/C27H32N2O3S2/c1-18-8-9-25(34-18)21-14-22-16-29(27(30)20-6-4-3-5-7-20)11-13-32-26(22)23(15-21)31-12-10-24-19(2)28-17-33-24/h8-9,14-15,17,20H,3-7,10-13,16H2,1-2H3. The molecule has 1 amide bonds. The number of benzene rings is 1. The highest BCUT2D eigenvalue weighted by Gasteiger charge is 2.29. The molecule has 0 spiro atoms. The lowest BCUT2D eigenvalue weighted by molar-refractivity contribution is -0.137. The molecular weight excluding hydrogens is 464 g/mol. The summed E-state index contributed by atoms with van der Waals surface area (Å²) in [5.41, 5.74) is 5.12. The highest BCUT2D eigenvalue weighted by Crippen LogP contribution is 2.41. The van der Waals surface area contributed by atoms with E-state index in [2.05, 4.69) is 36.2 Å². The van der Waals surface area contributed by atoms with Crippen molar-refractivity contribution in [2.45, 2.75) is 58.9 Å². The Morgan fingerprint density at radius 2 is 2.06 bits per heavy atom. The Labute approximate surface area is 209 Å². The normalized spacial score (nSPS) is 16.6. The van der Waals surface area contributed by atoms with Crippen LogP contribution in [0.5, 0.6) is 11.5 Å². The van der Waals surface area contributed by atoms with Crippen molar-refractivity contribution in [2.24, 2.45) is 5.92 Å². The average molecular weight is 497 g/mol. The zero-order valence-electron chi connectivity index (χ0n) is 20.0. The van der Waals surface area contributed by atoms with Gasteiger partial charge in [-0.1, -0.05) is 19.3 Å². The molecule has 2 aromatic heterocycles.